The van der Waals surface area contributed by atoms with E-state index in [1.54, 1.807) is 6.08 Å². The van der Waals surface area contributed by atoms with Crippen molar-refractivity contribution in [2.45, 2.75) is 30.7 Å². The minimum absolute atomic E-state index is 0.0902. The third-order valence-electron chi connectivity index (χ3n) is 5.02. The molecule has 0 saturated heterocycles. The van der Waals surface area contributed by atoms with Gasteiger partial charge in [0, 0.05) is 6.42 Å². The zero-order chi connectivity index (χ0) is 20.5. The molecule has 2 atom stereocenters. The van der Waals surface area contributed by atoms with Gasteiger partial charge in [0.05, 0.1) is 18.8 Å². The van der Waals surface area contributed by atoms with Crippen LogP contribution >= 0.6 is 0 Å². The molecular weight excluding hydrogens is 360 g/mol. The van der Waals surface area contributed by atoms with E-state index < -0.39 is 17.8 Å². The van der Waals surface area contributed by atoms with E-state index in [4.69, 9.17) is 4.74 Å². The average Bonchev–Trinajstić information content (AvgIpc) is 2.76. The topological polar surface area (TPSA) is 49.7 Å². The smallest absolute Gasteiger partial charge is 0.143 e. The SMILES string of the molecule is C=CC[C@@H](O)C[C@H](O)COC(c1ccccc1)(c1ccccc1)c1ccccc1. The average molecular weight is 389 g/mol. The van der Waals surface area contributed by atoms with Gasteiger partial charge in [-0.15, -0.1) is 6.58 Å². The highest BCUT2D eigenvalue weighted by atomic mass is 16.5. The van der Waals surface area contributed by atoms with Crippen LogP contribution in [0.4, 0.5) is 0 Å². The molecule has 0 saturated carbocycles. The van der Waals surface area contributed by atoms with Gasteiger partial charge < -0.3 is 14.9 Å². The largest absolute Gasteiger partial charge is 0.393 e. The summed E-state index contributed by atoms with van der Waals surface area (Å²) in [7, 11) is 0. The number of hydrogen-bond donors (Lipinski definition) is 2. The molecule has 2 N–H and O–H groups in total. The molecule has 3 aromatic rings. The Balaban J connectivity index is 2.02. The van der Waals surface area contributed by atoms with Crippen LogP contribution in [-0.4, -0.2) is 29.0 Å². The lowest BCUT2D eigenvalue weighted by molar-refractivity contribution is -0.0503. The molecule has 0 aliphatic rings. The Kier molecular flexibility index (Phi) is 7.36. The van der Waals surface area contributed by atoms with Crippen LogP contribution in [0.1, 0.15) is 29.5 Å². The number of aliphatic hydroxyl groups is 2. The molecule has 0 amide bonds. The Labute approximate surface area is 172 Å². The van der Waals surface area contributed by atoms with Crippen LogP contribution in [0.25, 0.3) is 0 Å². The molecule has 0 unspecified atom stereocenters. The lowest BCUT2D eigenvalue weighted by Gasteiger charge is -2.36. The third kappa shape index (κ3) is 5.01. The molecule has 0 radical (unpaired) electrons. The lowest BCUT2D eigenvalue weighted by Crippen LogP contribution is -2.36. The molecule has 3 nitrogen and oxygen atoms in total. The van der Waals surface area contributed by atoms with Gasteiger partial charge in [-0.1, -0.05) is 97.1 Å². The molecule has 0 fully saturated rings. The molecule has 0 bridgehead atoms. The maximum atomic E-state index is 10.5. The van der Waals surface area contributed by atoms with E-state index in [1.807, 2.05) is 91.0 Å². The summed E-state index contributed by atoms with van der Waals surface area (Å²) in [4.78, 5) is 0. The van der Waals surface area contributed by atoms with Gasteiger partial charge in [-0.05, 0) is 23.1 Å². The second-order valence-corrected chi connectivity index (χ2v) is 7.16. The highest BCUT2D eigenvalue weighted by Crippen LogP contribution is 2.40. The molecule has 0 aliphatic carbocycles. The van der Waals surface area contributed by atoms with Crippen molar-refractivity contribution in [3.8, 4) is 0 Å². The van der Waals surface area contributed by atoms with Crippen LogP contribution in [0, 0.1) is 0 Å². The van der Waals surface area contributed by atoms with Crippen LogP contribution < -0.4 is 0 Å². The van der Waals surface area contributed by atoms with Gasteiger partial charge in [0.2, 0.25) is 0 Å². The zero-order valence-electron chi connectivity index (χ0n) is 16.5. The van der Waals surface area contributed by atoms with Crippen molar-refractivity contribution in [1.82, 2.24) is 0 Å². The van der Waals surface area contributed by atoms with Crippen LogP contribution in [-0.2, 0) is 10.3 Å². The van der Waals surface area contributed by atoms with Crippen molar-refractivity contribution in [2.24, 2.45) is 0 Å². The summed E-state index contributed by atoms with van der Waals surface area (Å²) in [6.07, 6.45) is 0.908. The molecule has 3 heteroatoms. The predicted octanol–water partition coefficient (Wildman–Crippen LogP) is 4.68. The van der Waals surface area contributed by atoms with Crippen LogP contribution in [0.5, 0.6) is 0 Å². The monoisotopic (exact) mass is 388 g/mol. The summed E-state index contributed by atoms with van der Waals surface area (Å²) in [5, 5.41) is 20.5. The van der Waals surface area contributed by atoms with Gasteiger partial charge in [-0.25, -0.2) is 0 Å². The fourth-order valence-corrected chi connectivity index (χ4v) is 3.66. The fraction of sp³-hybridized carbons (Fsp3) is 0.231. The van der Waals surface area contributed by atoms with Crippen molar-refractivity contribution in [1.29, 1.82) is 0 Å². The van der Waals surface area contributed by atoms with Gasteiger partial charge >= 0.3 is 0 Å². The second-order valence-electron chi connectivity index (χ2n) is 7.16. The molecule has 29 heavy (non-hydrogen) atoms. The molecular formula is C26H28O3. The molecule has 3 aromatic carbocycles. The highest BCUT2D eigenvalue weighted by Gasteiger charge is 2.38. The highest BCUT2D eigenvalue weighted by molar-refractivity contribution is 5.47. The van der Waals surface area contributed by atoms with Crippen molar-refractivity contribution < 1.29 is 14.9 Å². The standard InChI is InChI=1S/C26H28O3/c1-2-12-24(27)19-25(28)20-29-26(21-13-6-3-7-14-21,22-15-8-4-9-16-22)23-17-10-5-11-18-23/h2-11,13-18,24-25,27-28H,1,12,19-20H2/t24-,25+/m1/s1. The summed E-state index contributed by atoms with van der Waals surface area (Å²) >= 11 is 0. The predicted molar refractivity (Wildman–Crippen MR) is 117 cm³/mol. The van der Waals surface area contributed by atoms with E-state index in [2.05, 4.69) is 6.58 Å². The van der Waals surface area contributed by atoms with E-state index in [9.17, 15) is 10.2 Å². The van der Waals surface area contributed by atoms with Crippen LogP contribution in [0.3, 0.4) is 0 Å². The number of benzene rings is 3. The number of rotatable bonds is 10. The van der Waals surface area contributed by atoms with Crippen molar-refractivity contribution >= 4 is 0 Å². The van der Waals surface area contributed by atoms with Crippen LogP contribution in [0.2, 0.25) is 0 Å². The zero-order valence-corrected chi connectivity index (χ0v) is 16.5. The first kappa shape index (κ1) is 21.0. The summed E-state index contributed by atoms with van der Waals surface area (Å²) in [6.45, 7) is 3.73. The first-order valence-electron chi connectivity index (χ1n) is 9.94. The first-order valence-corrected chi connectivity index (χ1v) is 9.94. The van der Waals surface area contributed by atoms with E-state index >= 15 is 0 Å². The number of ether oxygens (including phenoxy) is 1. The molecule has 3 rings (SSSR count). The van der Waals surface area contributed by atoms with Crippen molar-refractivity contribution in [3.63, 3.8) is 0 Å². The maximum absolute atomic E-state index is 10.5. The lowest BCUT2D eigenvalue weighted by atomic mass is 9.80. The quantitative estimate of drug-likeness (QED) is 0.392. The fourth-order valence-electron chi connectivity index (χ4n) is 3.66. The van der Waals surface area contributed by atoms with E-state index in [0.29, 0.717) is 6.42 Å². The Bertz CT molecular complexity index is 766. The Morgan fingerprint density at radius 2 is 1.14 bits per heavy atom. The van der Waals surface area contributed by atoms with Gasteiger partial charge in [0.1, 0.15) is 5.60 Å². The van der Waals surface area contributed by atoms with Crippen molar-refractivity contribution in [3.05, 3.63) is 120 Å². The molecule has 0 spiro atoms. The Hall–Kier alpha value is -2.72. The van der Waals surface area contributed by atoms with Crippen LogP contribution in [0.15, 0.2) is 104 Å². The van der Waals surface area contributed by atoms with E-state index in [-0.39, 0.29) is 13.0 Å². The maximum Gasteiger partial charge on any atom is 0.143 e. The molecule has 0 aliphatic heterocycles. The normalized spacial score (nSPS) is 13.6. The van der Waals surface area contributed by atoms with Crippen molar-refractivity contribution in [2.75, 3.05) is 6.61 Å². The number of hydrogen-bond acceptors (Lipinski definition) is 3. The third-order valence-corrected chi connectivity index (χ3v) is 5.02. The molecule has 0 heterocycles. The summed E-state index contributed by atoms with van der Waals surface area (Å²) in [5.74, 6) is 0. The van der Waals surface area contributed by atoms with Gasteiger partial charge in [-0.3, -0.25) is 0 Å². The summed E-state index contributed by atoms with van der Waals surface area (Å²) in [5.41, 5.74) is 2.08. The minimum Gasteiger partial charge on any atom is -0.393 e. The second kappa shape index (κ2) is 10.2. The van der Waals surface area contributed by atoms with E-state index in [0.717, 1.165) is 16.7 Å². The van der Waals surface area contributed by atoms with Gasteiger partial charge in [0.25, 0.3) is 0 Å². The minimum atomic E-state index is -0.867. The molecule has 150 valence electrons. The Morgan fingerprint density at radius 1 is 0.724 bits per heavy atom. The summed E-state index contributed by atoms with van der Waals surface area (Å²) in [6, 6.07) is 30.1. The number of aliphatic hydroxyl groups excluding tert-OH is 2. The Morgan fingerprint density at radius 3 is 1.52 bits per heavy atom. The molecule has 0 aromatic heterocycles. The van der Waals surface area contributed by atoms with Gasteiger partial charge in [-0.2, -0.15) is 0 Å². The summed E-state index contributed by atoms with van der Waals surface area (Å²) < 4.78 is 6.54. The van der Waals surface area contributed by atoms with Gasteiger partial charge in [0.15, 0.2) is 0 Å². The van der Waals surface area contributed by atoms with E-state index in [1.165, 1.54) is 0 Å². The first-order chi connectivity index (χ1) is 14.2.